The molecule has 0 saturated heterocycles. The average Bonchev–Trinajstić information content (AvgIpc) is 2.74. The fourth-order valence-corrected chi connectivity index (χ4v) is 2.04. The van der Waals surface area contributed by atoms with Gasteiger partial charge in [0.05, 0.1) is 16.2 Å². The molecular formula is C13H9ClFN3. The summed E-state index contributed by atoms with van der Waals surface area (Å²) in [6, 6.07) is 8.40. The van der Waals surface area contributed by atoms with Gasteiger partial charge in [0.2, 0.25) is 0 Å². The minimum absolute atomic E-state index is 0.234. The predicted octanol–water partition coefficient (Wildman–Crippen LogP) is 3.34. The van der Waals surface area contributed by atoms with Gasteiger partial charge in [-0.25, -0.2) is 4.39 Å². The maximum absolute atomic E-state index is 13.6. The Kier molecular flexibility index (Phi) is 2.72. The number of H-pyrrole nitrogens is 1. The third kappa shape index (κ3) is 1.95. The van der Waals surface area contributed by atoms with Crippen LogP contribution in [0.3, 0.4) is 0 Å². The van der Waals surface area contributed by atoms with E-state index in [4.69, 9.17) is 11.6 Å². The van der Waals surface area contributed by atoms with Crippen molar-refractivity contribution in [3.05, 3.63) is 58.6 Å². The first-order valence-corrected chi connectivity index (χ1v) is 5.84. The molecule has 1 N–H and O–H groups in total. The van der Waals surface area contributed by atoms with Crippen LogP contribution in [0.5, 0.6) is 0 Å². The summed E-state index contributed by atoms with van der Waals surface area (Å²) in [4.78, 5) is 4.22. The number of benzene rings is 1. The second-order valence-corrected chi connectivity index (χ2v) is 4.42. The summed E-state index contributed by atoms with van der Waals surface area (Å²) < 4.78 is 13.6. The van der Waals surface area contributed by atoms with E-state index in [2.05, 4.69) is 15.2 Å². The van der Waals surface area contributed by atoms with Gasteiger partial charge in [0.25, 0.3) is 0 Å². The van der Waals surface area contributed by atoms with E-state index in [0.29, 0.717) is 22.7 Å². The highest BCUT2D eigenvalue weighted by atomic mass is 35.5. The molecule has 0 bridgehead atoms. The van der Waals surface area contributed by atoms with Crippen LogP contribution in [0.4, 0.5) is 4.39 Å². The highest BCUT2D eigenvalue weighted by Gasteiger charge is 2.10. The molecule has 2 aromatic heterocycles. The van der Waals surface area contributed by atoms with Crippen LogP contribution in [0.1, 0.15) is 11.3 Å². The summed E-state index contributed by atoms with van der Waals surface area (Å²) >= 11 is 5.84. The summed E-state index contributed by atoms with van der Waals surface area (Å²) in [5.41, 5.74) is 2.80. The van der Waals surface area contributed by atoms with Crippen LogP contribution in [0.2, 0.25) is 5.02 Å². The first-order valence-electron chi connectivity index (χ1n) is 5.46. The summed E-state index contributed by atoms with van der Waals surface area (Å²) in [5, 5.41) is 7.55. The number of pyridine rings is 1. The van der Waals surface area contributed by atoms with Gasteiger partial charge in [-0.1, -0.05) is 29.8 Å². The van der Waals surface area contributed by atoms with E-state index in [0.717, 1.165) is 11.0 Å². The molecule has 0 atom stereocenters. The van der Waals surface area contributed by atoms with Crippen molar-refractivity contribution >= 4 is 22.6 Å². The molecule has 0 aliphatic carbocycles. The number of fused-ring (bicyclic) bond motifs is 1. The Hall–Kier alpha value is -1.94. The molecule has 2 heterocycles. The molecule has 90 valence electrons. The van der Waals surface area contributed by atoms with Crippen molar-refractivity contribution in [3.8, 4) is 0 Å². The molecule has 0 fully saturated rings. The smallest absolute Gasteiger partial charge is 0.126 e. The first kappa shape index (κ1) is 11.2. The predicted molar refractivity (Wildman–Crippen MR) is 68.1 cm³/mol. The Labute approximate surface area is 108 Å². The molecule has 3 aromatic rings. The number of hydrogen-bond acceptors (Lipinski definition) is 2. The normalized spacial score (nSPS) is 11.0. The number of nitrogens with zero attached hydrogens (tertiary/aromatic N) is 2. The van der Waals surface area contributed by atoms with Gasteiger partial charge >= 0.3 is 0 Å². The van der Waals surface area contributed by atoms with E-state index < -0.39 is 0 Å². The van der Waals surface area contributed by atoms with Crippen molar-refractivity contribution in [2.45, 2.75) is 6.42 Å². The van der Waals surface area contributed by atoms with E-state index >= 15 is 0 Å². The second-order valence-electron chi connectivity index (χ2n) is 3.99. The fraction of sp³-hybridized carbons (Fsp3) is 0.0769. The third-order valence-corrected chi connectivity index (χ3v) is 2.96. The number of halogens is 2. The molecule has 0 saturated carbocycles. The monoisotopic (exact) mass is 261 g/mol. The van der Waals surface area contributed by atoms with Crippen LogP contribution < -0.4 is 0 Å². The second kappa shape index (κ2) is 4.38. The average molecular weight is 262 g/mol. The Morgan fingerprint density at radius 1 is 1.28 bits per heavy atom. The van der Waals surface area contributed by atoms with Crippen molar-refractivity contribution in [2.75, 3.05) is 0 Å². The highest BCUT2D eigenvalue weighted by molar-refractivity contribution is 6.31. The molecule has 1 aromatic carbocycles. The number of aromatic amines is 1. The summed E-state index contributed by atoms with van der Waals surface area (Å²) in [6.07, 6.45) is 1.96. The van der Waals surface area contributed by atoms with Crippen LogP contribution in [0.25, 0.3) is 11.0 Å². The molecule has 0 amide bonds. The van der Waals surface area contributed by atoms with Crippen LogP contribution in [-0.4, -0.2) is 15.2 Å². The lowest BCUT2D eigenvalue weighted by Crippen LogP contribution is -1.93. The van der Waals surface area contributed by atoms with Gasteiger partial charge in [-0.2, -0.15) is 5.10 Å². The van der Waals surface area contributed by atoms with Crippen molar-refractivity contribution in [1.29, 1.82) is 0 Å². The summed E-state index contributed by atoms with van der Waals surface area (Å²) in [5.74, 6) is -0.234. The van der Waals surface area contributed by atoms with Gasteiger partial charge < -0.3 is 0 Å². The van der Waals surface area contributed by atoms with E-state index in [1.807, 2.05) is 0 Å². The zero-order valence-corrected chi connectivity index (χ0v) is 10.1. The van der Waals surface area contributed by atoms with Crippen molar-refractivity contribution in [3.63, 3.8) is 0 Å². The lowest BCUT2D eigenvalue weighted by Gasteiger charge is -2.00. The molecule has 3 nitrogen and oxygen atoms in total. The summed E-state index contributed by atoms with van der Waals surface area (Å²) in [7, 11) is 0. The molecule has 0 aliphatic rings. The van der Waals surface area contributed by atoms with E-state index in [-0.39, 0.29) is 5.82 Å². The minimum atomic E-state index is -0.234. The largest absolute Gasteiger partial charge is 0.276 e. The molecular weight excluding hydrogens is 253 g/mol. The zero-order valence-electron chi connectivity index (χ0n) is 9.32. The number of aromatic nitrogens is 3. The van der Waals surface area contributed by atoms with Gasteiger partial charge in [0.1, 0.15) is 11.3 Å². The van der Waals surface area contributed by atoms with E-state index in [1.165, 1.54) is 6.07 Å². The third-order valence-electron chi connectivity index (χ3n) is 2.75. The van der Waals surface area contributed by atoms with Crippen LogP contribution >= 0.6 is 11.6 Å². The van der Waals surface area contributed by atoms with Crippen molar-refractivity contribution in [1.82, 2.24) is 15.2 Å². The maximum Gasteiger partial charge on any atom is 0.126 e. The zero-order chi connectivity index (χ0) is 12.5. The quantitative estimate of drug-likeness (QED) is 0.769. The van der Waals surface area contributed by atoms with Crippen molar-refractivity contribution < 1.29 is 4.39 Å². The molecule has 0 unspecified atom stereocenters. The molecule has 3 rings (SSSR count). The van der Waals surface area contributed by atoms with E-state index in [1.54, 1.807) is 30.5 Å². The van der Waals surface area contributed by atoms with Gasteiger partial charge in [0.15, 0.2) is 0 Å². The minimum Gasteiger partial charge on any atom is -0.276 e. The molecule has 0 aliphatic heterocycles. The molecule has 0 spiro atoms. The van der Waals surface area contributed by atoms with Gasteiger partial charge in [-0.3, -0.25) is 10.1 Å². The van der Waals surface area contributed by atoms with E-state index in [9.17, 15) is 4.39 Å². The van der Waals surface area contributed by atoms with Gasteiger partial charge in [0, 0.05) is 12.6 Å². The van der Waals surface area contributed by atoms with Crippen LogP contribution in [-0.2, 0) is 6.42 Å². The molecule has 5 heteroatoms. The highest BCUT2D eigenvalue weighted by Crippen LogP contribution is 2.20. The lowest BCUT2D eigenvalue weighted by atomic mass is 10.1. The van der Waals surface area contributed by atoms with Crippen molar-refractivity contribution in [2.24, 2.45) is 0 Å². The Balaban J connectivity index is 2.03. The maximum atomic E-state index is 13.6. The lowest BCUT2D eigenvalue weighted by molar-refractivity contribution is 0.613. The van der Waals surface area contributed by atoms with Crippen LogP contribution in [0, 0.1) is 5.82 Å². The Morgan fingerprint density at radius 2 is 2.11 bits per heavy atom. The van der Waals surface area contributed by atoms with Crippen LogP contribution in [0.15, 0.2) is 36.5 Å². The van der Waals surface area contributed by atoms with Gasteiger partial charge in [-0.15, -0.1) is 0 Å². The standard InChI is InChI=1S/C13H9ClFN3/c14-9-6-12-13(16-7-9)11(17-18-12)5-8-3-1-2-4-10(8)15/h1-4,6-7H,5H2,(H,17,18). The number of hydrogen-bond donors (Lipinski definition) is 1. The molecule has 0 radical (unpaired) electrons. The number of nitrogens with one attached hydrogen (secondary N) is 1. The Morgan fingerprint density at radius 3 is 2.94 bits per heavy atom. The summed E-state index contributed by atoms with van der Waals surface area (Å²) in [6.45, 7) is 0. The SMILES string of the molecule is Fc1ccccc1Cc1n[nH]c2cc(Cl)cnc12. The fourth-order valence-electron chi connectivity index (χ4n) is 1.88. The first-order chi connectivity index (χ1) is 8.74. The topological polar surface area (TPSA) is 41.6 Å². The molecule has 18 heavy (non-hydrogen) atoms. The number of rotatable bonds is 2. The van der Waals surface area contributed by atoms with Gasteiger partial charge in [-0.05, 0) is 17.7 Å². The Bertz CT molecular complexity index is 708.